The zero-order chi connectivity index (χ0) is 12.8. The molecule has 0 saturated carbocycles. The molecule has 6 nitrogen and oxygen atoms in total. The predicted octanol–water partition coefficient (Wildman–Crippen LogP) is 1.10. The van der Waals surface area contributed by atoms with E-state index in [1.54, 1.807) is 6.92 Å². The molecule has 0 aromatic heterocycles. The Morgan fingerprint density at radius 1 is 1.29 bits per heavy atom. The summed E-state index contributed by atoms with van der Waals surface area (Å²) in [7, 11) is 3.93. The first-order valence-corrected chi connectivity index (χ1v) is 5.09. The first kappa shape index (κ1) is 13.0. The summed E-state index contributed by atoms with van der Waals surface area (Å²) in [6, 6.07) is 7.55. The van der Waals surface area contributed by atoms with Gasteiger partial charge in [-0.15, -0.1) is 0 Å². The van der Waals surface area contributed by atoms with Crippen LogP contribution in [-0.2, 0) is 0 Å². The standard InChI is InChI=1S/C11H17N5O/c1-8(14-12)11(15-17)13-9-4-6-10(7-5-9)16(2)3/h4-7,17H,12H2,1-3H3,(H,13,15)/b14-8+. The van der Waals surface area contributed by atoms with Gasteiger partial charge in [-0.2, -0.15) is 5.10 Å². The Kier molecular flexibility index (Phi) is 4.47. The van der Waals surface area contributed by atoms with Gasteiger partial charge in [0.15, 0.2) is 5.84 Å². The molecule has 0 saturated heterocycles. The van der Waals surface area contributed by atoms with Crippen molar-refractivity contribution in [2.45, 2.75) is 6.92 Å². The van der Waals surface area contributed by atoms with Crippen LogP contribution in [0.15, 0.2) is 34.4 Å². The number of aliphatic imine (C=N–C) groups is 1. The van der Waals surface area contributed by atoms with Crippen LogP contribution in [0.3, 0.4) is 0 Å². The van der Waals surface area contributed by atoms with Gasteiger partial charge in [-0.3, -0.25) is 10.7 Å². The lowest BCUT2D eigenvalue weighted by molar-refractivity contribution is 0.236. The zero-order valence-electron chi connectivity index (χ0n) is 10.2. The Morgan fingerprint density at radius 3 is 2.29 bits per heavy atom. The number of hydroxylamine groups is 1. The molecule has 1 rings (SSSR count). The second-order valence-electron chi connectivity index (χ2n) is 3.70. The summed E-state index contributed by atoms with van der Waals surface area (Å²) >= 11 is 0. The van der Waals surface area contributed by atoms with Crippen LogP contribution in [0.1, 0.15) is 6.92 Å². The molecule has 0 atom stereocenters. The van der Waals surface area contributed by atoms with Crippen LogP contribution in [0.25, 0.3) is 0 Å². The first-order chi connectivity index (χ1) is 8.08. The second-order valence-corrected chi connectivity index (χ2v) is 3.70. The maximum absolute atomic E-state index is 8.91. The van der Waals surface area contributed by atoms with Gasteiger partial charge in [0.25, 0.3) is 0 Å². The molecular formula is C11H17N5O. The molecule has 0 aliphatic rings. The summed E-state index contributed by atoms with van der Waals surface area (Å²) < 4.78 is 0. The maximum atomic E-state index is 8.91. The summed E-state index contributed by atoms with van der Waals surface area (Å²) in [4.78, 5) is 6.17. The SMILES string of the molecule is C/C(=N\N)C(=Nc1ccc(N(C)C)cc1)NO. The molecule has 1 aromatic carbocycles. The predicted molar refractivity (Wildman–Crippen MR) is 70.1 cm³/mol. The van der Waals surface area contributed by atoms with Crippen LogP contribution in [0.4, 0.5) is 11.4 Å². The number of nitrogens with one attached hydrogen (secondary N) is 1. The van der Waals surface area contributed by atoms with Crippen molar-refractivity contribution in [2.75, 3.05) is 19.0 Å². The lowest BCUT2D eigenvalue weighted by Gasteiger charge is -2.12. The van der Waals surface area contributed by atoms with Gasteiger partial charge in [0.2, 0.25) is 0 Å². The van der Waals surface area contributed by atoms with Gasteiger partial charge >= 0.3 is 0 Å². The molecule has 0 aliphatic carbocycles. The van der Waals surface area contributed by atoms with Crippen molar-refractivity contribution in [2.24, 2.45) is 15.9 Å². The maximum Gasteiger partial charge on any atom is 0.173 e. The van der Waals surface area contributed by atoms with Gasteiger partial charge in [0, 0.05) is 19.8 Å². The molecule has 6 heteroatoms. The van der Waals surface area contributed by atoms with Crippen LogP contribution in [0, 0.1) is 0 Å². The van der Waals surface area contributed by atoms with Crippen molar-refractivity contribution < 1.29 is 5.21 Å². The summed E-state index contributed by atoms with van der Waals surface area (Å²) in [6.07, 6.45) is 0. The van der Waals surface area contributed by atoms with E-state index in [0.717, 1.165) is 5.69 Å². The summed E-state index contributed by atoms with van der Waals surface area (Å²) in [5, 5.41) is 12.4. The molecule has 1 aromatic rings. The normalized spacial score (nSPS) is 12.5. The van der Waals surface area contributed by atoms with E-state index in [1.165, 1.54) is 0 Å². The van der Waals surface area contributed by atoms with Crippen molar-refractivity contribution >= 4 is 22.9 Å². The molecule has 0 bridgehead atoms. The van der Waals surface area contributed by atoms with Gasteiger partial charge in [-0.1, -0.05) is 0 Å². The number of hydrogen-bond acceptors (Lipinski definition) is 5. The number of benzene rings is 1. The van der Waals surface area contributed by atoms with E-state index in [1.807, 2.05) is 48.7 Å². The lowest BCUT2D eigenvalue weighted by Crippen LogP contribution is -2.27. The molecule has 17 heavy (non-hydrogen) atoms. The molecule has 0 radical (unpaired) electrons. The smallest absolute Gasteiger partial charge is 0.173 e. The Morgan fingerprint density at radius 2 is 1.88 bits per heavy atom. The van der Waals surface area contributed by atoms with Crippen molar-refractivity contribution in [3.05, 3.63) is 24.3 Å². The average molecular weight is 235 g/mol. The third kappa shape index (κ3) is 3.46. The minimum absolute atomic E-state index is 0.227. The summed E-state index contributed by atoms with van der Waals surface area (Å²) in [5.74, 6) is 5.34. The van der Waals surface area contributed by atoms with Crippen molar-refractivity contribution in [3.8, 4) is 0 Å². The first-order valence-electron chi connectivity index (χ1n) is 5.09. The van der Waals surface area contributed by atoms with Gasteiger partial charge in [0.05, 0.1) is 5.69 Å². The van der Waals surface area contributed by atoms with E-state index in [-0.39, 0.29) is 5.84 Å². The quantitative estimate of drug-likeness (QED) is 0.317. The van der Waals surface area contributed by atoms with Crippen molar-refractivity contribution in [1.82, 2.24) is 5.48 Å². The molecule has 92 valence electrons. The zero-order valence-corrected chi connectivity index (χ0v) is 10.2. The molecule has 0 amide bonds. The fraction of sp³-hybridized carbons (Fsp3) is 0.273. The number of nitrogens with zero attached hydrogens (tertiary/aromatic N) is 3. The van der Waals surface area contributed by atoms with Crippen LogP contribution in [0.2, 0.25) is 0 Å². The monoisotopic (exact) mass is 235 g/mol. The van der Waals surface area contributed by atoms with Gasteiger partial charge in [0.1, 0.15) is 5.71 Å². The molecule has 0 aliphatic heterocycles. The van der Waals surface area contributed by atoms with Gasteiger partial charge in [-0.25, -0.2) is 4.99 Å². The number of nitrogens with two attached hydrogens (primary N) is 1. The molecule has 0 unspecified atom stereocenters. The van der Waals surface area contributed by atoms with Crippen molar-refractivity contribution in [1.29, 1.82) is 0 Å². The largest absolute Gasteiger partial charge is 0.378 e. The van der Waals surface area contributed by atoms with Gasteiger partial charge in [-0.05, 0) is 31.2 Å². The highest BCUT2D eigenvalue weighted by Gasteiger charge is 2.02. The van der Waals surface area contributed by atoms with E-state index in [2.05, 4.69) is 10.1 Å². The van der Waals surface area contributed by atoms with Crippen LogP contribution in [0.5, 0.6) is 0 Å². The number of amidine groups is 1. The minimum atomic E-state index is 0.227. The highest BCUT2D eigenvalue weighted by atomic mass is 16.5. The molecule has 0 heterocycles. The molecule has 4 N–H and O–H groups in total. The fourth-order valence-electron chi connectivity index (χ4n) is 1.20. The minimum Gasteiger partial charge on any atom is -0.378 e. The van der Waals surface area contributed by atoms with E-state index >= 15 is 0 Å². The third-order valence-electron chi connectivity index (χ3n) is 2.25. The van der Waals surface area contributed by atoms with Crippen LogP contribution in [-0.4, -0.2) is 30.8 Å². The highest BCUT2D eigenvalue weighted by molar-refractivity contribution is 6.40. The Hall–Kier alpha value is -2.08. The summed E-state index contributed by atoms with van der Waals surface area (Å²) in [5.41, 5.74) is 4.17. The summed E-state index contributed by atoms with van der Waals surface area (Å²) in [6.45, 7) is 1.65. The Balaban J connectivity index is 2.97. The number of hydrogen-bond donors (Lipinski definition) is 3. The average Bonchev–Trinajstić information content (AvgIpc) is 2.35. The number of anilines is 1. The molecule has 0 spiro atoms. The van der Waals surface area contributed by atoms with Crippen molar-refractivity contribution in [3.63, 3.8) is 0 Å². The second kappa shape index (κ2) is 5.86. The lowest BCUT2D eigenvalue weighted by atomic mass is 10.2. The fourth-order valence-corrected chi connectivity index (χ4v) is 1.20. The Bertz CT molecular complexity index is 422. The van der Waals surface area contributed by atoms with Gasteiger partial charge < -0.3 is 10.7 Å². The molecule has 0 fully saturated rings. The van der Waals surface area contributed by atoms with E-state index < -0.39 is 0 Å². The Labute approximate surface area is 100 Å². The van der Waals surface area contributed by atoms with E-state index in [0.29, 0.717) is 11.4 Å². The number of rotatable bonds is 3. The third-order valence-corrected chi connectivity index (χ3v) is 2.25. The van der Waals surface area contributed by atoms with Crippen LogP contribution >= 0.6 is 0 Å². The number of hydrazone groups is 1. The highest BCUT2D eigenvalue weighted by Crippen LogP contribution is 2.18. The van der Waals surface area contributed by atoms with E-state index in [4.69, 9.17) is 11.0 Å². The van der Waals surface area contributed by atoms with E-state index in [9.17, 15) is 0 Å². The topological polar surface area (TPSA) is 86.2 Å². The van der Waals surface area contributed by atoms with Crippen LogP contribution < -0.4 is 16.2 Å². The molecular weight excluding hydrogens is 218 g/mol.